The minimum absolute atomic E-state index is 0.130. The molecule has 6 heteroatoms. The zero-order valence-electron chi connectivity index (χ0n) is 50.8. The summed E-state index contributed by atoms with van der Waals surface area (Å²) >= 11 is 0. The van der Waals surface area contributed by atoms with Crippen LogP contribution in [0, 0.1) is 0 Å². The SMILES string of the molecule is CC/C=C\C/C=C\C/C=C\C/C=C\C/C=C\C/C=C\C/C=C\CCCCCC(=O)OCC(COC(=O)CCCCCCC/C=C\C/C=C\CCCC)OC(=O)CCC/C=C\C/C=C\C/C=C\C/C=C\C/C=C\C/C=C\C/C=C\CC. The topological polar surface area (TPSA) is 78.9 Å². The van der Waals surface area contributed by atoms with Gasteiger partial charge in [-0.1, -0.05) is 254 Å². The molecule has 0 fully saturated rings. The highest BCUT2D eigenvalue weighted by atomic mass is 16.6. The van der Waals surface area contributed by atoms with E-state index in [4.69, 9.17) is 14.2 Å². The van der Waals surface area contributed by atoms with E-state index in [1.165, 1.54) is 19.3 Å². The summed E-state index contributed by atoms with van der Waals surface area (Å²) in [7, 11) is 0. The van der Waals surface area contributed by atoms with Crippen LogP contribution in [-0.2, 0) is 28.6 Å². The molecule has 0 aliphatic heterocycles. The lowest BCUT2D eigenvalue weighted by molar-refractivity contribution is -0.167. The van der Waals surface area contributed by atoms with Gasteiger partial charge in [0, 0.05) is 19.3 Å². The molecule has 0 aliphatic carbocycles. The fourth-order valence-electron chi connectivity index (χ4n) is 7.66. The highest BCUT2D eigenvalue weighted by Crippen LogP contribution is 2.12. The summed E-state index contributed by atoms with van der Waals surface area (Å²) in [6, 6.07) is 0. The number of ether oxygens (including phenoxy) is 3. The molecule has 0 amide bonds. The van der Waals surface area contributed by atoms with Gasteiger partial charge in [-0.15, -0.1) is 0 Å². The van der Waals surface area contributed by atoms with E-state index in [1.54, 1.807) is 0 Å². The Hall–Kier alpha value is -5.75. The molecular formula is C74H112O6. The van der Waals surface area contributed by atoms with Gasteiger partial charge < -0.3 is 14.2 Å². The molecule has 0 saturated heterocycles. The highest BCUT2D eigenvalue weighted by molar-refractivity contribution is 5.71. The predicted octanol–water partition coefficient (Wildman–Crippen LogP) is 21.8. The second-order valence-corrected chi connectivity index (χ2v) is 19.8. The summed E-state index contributed by atoms with van der Waals surface area (Å²) < 4.78 is 16.8. The Labute approximate surface area is 490 Å². The normalized spacial score (nSPS) is 13.5. The minimum atomic E-state index is -0.842. The van der Waals surface area contributed by atoms with Gasteiger partial charge in [0.15, 0.2) is 6.10 Å². The number of allylic oxidation sites excluding steroid dienone is 32. The molecule has 0 aromatic heterocycles. The monoisotopic (exact) mass is 1100 g/mol. The summed E-state index contributed by atoms with van der Waals surface area (Å²) in [6.07, 6.45) is 100. The van der Waals surface area contributed by atoms with E-state index in [9.17, 15) is 14.4 Å². The van der Waals surface area contributed by atoms with Crippen LogP contribution in [0.2, 0.25) is 0 Å². The van der Waals surface area contributed by atoms with Crippen molar-refractivity contribution in [3.05, 3.63) is 194 Å². The van der Waals surface area contributed by atoms with Gasteiger partial charge in [-0.2, -0.15) is 0 Å². The van der Waals surface area contributed by atoms with E-state index in [0.29, 0.717) is 19.3 Å². The summed E-state index contributed by atoms with van der Waals surface area (Å²) in [4.78, 5) is 38.3. The van der Waals surface area contributed by atoms with E-state index in [2.05, 4.69) is 215 Å². The third kappa shape index (κ3) is 63.1. The zero-order valence-corrected chi connectivity index (χ0v) is 50.8. The van der Waals surface area contributed by atoms with E-state index in [1.807, 2.05) is 0 Å². The lowest BCUT2D eigenvalue weighted by Crippen LogP contribution is -2.30. The Morgan fingerprint density at radius 2 is 0.500 bits per heavy atom. The number of hydrogen-bond acceptors (Lipinski definition) is 6. The first-order chi connectivity index (χ1) is 39.5. The molecule has 80 heavy (non-hydrogen) atoms. The number of carbonyl (C=O) groups is 3. The van der Waals surface area contributed by atoms with Crippen LogP contribution in [-0.4, -0.2) is 37.2 Å². The van der Waals surface area contributed by atoms with Crippen molar-refractivity contribution in [2.75, 3.05) is 13.2 Å². The lowest BCUT2D eigenvalue weighted by atomic mass is 10.1. The van der Waals surface area contributed by atoms with E-state index in [-0.39, 0.29) is 37.5 Å². The molecule has 0 saturated carbocycles. The summed E-state index contributed by atoms with van der Waals surface area (Å²) in [5.41, 5.74) is 0. The molecule has 0 aromatic rings. The number of unbranched alkanes of at least 4 members (excludes halogenated alkanes) is 11. The van der Waals surface area contributed by atoms with Crippen LogP contribution < -0.4 is 0 Å². The largest absolute Gasteiger partial charge is 0.462 e. The first-order valence-corrected chi connectivity index (χ1v) is 31.4. The molecule has 0 aliphatic rings. The van der Waals surface area contributed by atoms with Crippen LogP contribution in [0.3, 0.4) is 0 Å². The number of esters is 3. The molecule has 0 spiro atoms. The maximum Gasteiger partial charge on any atom is 0.306 e. The Balaban J connectivity index is 4.59. The smallest absolute Gasteiger partial charge is 0.306 e. The van der Waals surface area contributed by atoms with Crippen molar-refractivity contribution < 1.29 is 28.6 Å². The van der Waals surface area contributed by atoms with Gasteiger partial charge in [0.05, 0.1) is 0 Å². The number of carbonyl (C=O) groups excluding carboxylic acids is 3. The number of hydrogen-bond donors (Lipinski definition) is 0. The van der Waals surface area contributed by atoms with E-state index < -0.39 is 6.10 Å². The average Bonchev–Trinajstić information content (AvgIpc) is 3.46. The van der Waals surface area contributed by atoms with Crippen LogP contribution in [0.4, 0.5) is 0 Å². The third-order valence-corrected chi connectivity index (χ3v) is 12.3. The van der Waals surface area contributed by atoms with Crippen LogP contribution in [0.25, 0.3) is 0 Å². The first kappa shape index (κ1) is 74.2. The molecule has 444 valence electrons. The van der Waals surface area contributed by atoms with Gasteiger partial charge >= 0.3 is 17.9 Å². The summed E-state index contributed by atoms with van der Waals surface area (Å²) in [5, 5.41) is 0. The lowest BCUT2D eigenvalue weighted by Gasteiger charge is -2.18. The molecule has 1 unspecified atom stereocenters. The fourth-order valence-corrected chi connectivity index (χ4v) is 7.66. The molecule has 0 rings (SSSR count). The molecule has 0 heterocycles. The molecule has 0 N–H and O–H groups in total. The van der Waals surface area contributed by atoms with Crippen LogP contribution in [0.1, 0.15) is 233 Å². The molecule has 0 radical (unpaired) electrons. The van der Waals surface area contributed by atoms with Gasteiger partial charge in [0.25, 0.3) is 0 Å². The Morgan fingerprint density at radius 1 is 0.263 bits per heavy atom. The third-order valence-electron chi connectivity index (χ3n) is 12.3. The Kier molecular flexibility index (Phi) is 61.0. The second-order valence-electron chi connectivity index (χ2n) is 19.8. The van der Waals surface area contributed by atoms with Crippen LogP contribution in [0.5, 0.6) is 0 Å². The van der Waals surface area contributed by atoms with Crippen molar-refractivity contribution in [1.29, 1.82) is 0 Å². The van der Waals surface area contributed by atoms with Gasteiger partial charge in [-0.3, -0.25) is 14.4 Å². The van der Waals surface area contributed by atoms with Gasteiger partial charge in [0.2, 0.25) is 0 Å². The van der Waals surface area contributed by atoms with Gasteiger partial charge in [-0.05, 0) is 154 Å². The summed E-state index contributed by atoms with van der Waals surface area (Å²) in [5.74, 6) is -1.05. The van der Waals surface area contributed by atoms with Crippen LogP contribution >= 0.6 is 0 Å². The van der Waals surface area contributed by atoms with Crippen LogP contribution in [0.15, 0.2) is 194 Å². The highest BCUT2D eigenvalue weighted by Gasteiger charge is 2.19. The average molecular weight is 1100 g/mol. The molecule has 0 aromatic carbocycles. The van der Waals surface area contributed by atoms with Crippen molar-refractivity contribution in [1.82, 2.24) is 0 Å². The molecule has 6 nitrogen and oxygen atoms in total. The van der Waals surface area contributed by atoms with Crippen molar-refractivity contribution in [3.8, 4) is 0 Å². The maximum absolute atomic E-state index is 12.9. The maximum atomic E-state index is 12.9. The van der Waals surface area contributed by atoms with Crippen molar-refractivity contribution >= 4 is 17.9 Å². The number of rotatable bonds is 54. The summed E-state index contributed by atoms with van der Waals surface area (Å²) in [6.45, 7) is 6.26. The molecular weight excluding hydrogens is 985 g/mol. The molecule has 0 bridgehead atoms. The zero-order chi connectivity index (χ0) is 57.8. The van der Waals surface area contributed by atoms with E-state index >= 15 is 0 Å². The minimum Gasteiger partial charge on any atom is -0.462 e. The van der Waals surface area contributed by atoms with Crippen molar-refractivity contribution in [3.63, 3.8) is 0 Å². The van der Waals surface area contributed by atoms with E-state index in [0.717, 1.165) is 167 Å². The first-order valence-electron chi connectivity index (χ1n) is 31.4. The van der Waals surface area contributed by atoms with Gasteiger partial charge in [-0.25, -0.2) is 0 Å². The molecule has 1 atom stereocenters. The standard InChI is InChI=1S/C74H112O6/c1-4-7-10-13-16-19-22-25-28-30-32-34-36-37-39-40-42-44-46-49-52-55-58-61-64-67-73(76)79-70-71(69-78-72(75)66-63-60-57-54-51-48-27-24-21-18-15-12-9-6-3)80-74(77)68-65-62-59-56-53-50-47-45-43-41-38-35-33-31-29-26-23-20-17-14-11-8-5-2/h7-8,10-11,15-20,24-29,32-35,37,39,41-44,47,49-50,52,56,59,71H,4-6,9,12-14,21-23,30-31,36,38,40,45-46,48,51,53-55,57-58,60-70H2,1-3H3/b10-7-,11-8-,18-15-,19-16-,20-17-,27-24-,28-25-,29-26-,34-32-,35-33-,39-37-,43-41-,44-42-,50-47-,52-49-,59-56-. The van der Waals surface area contributed by atoms with Crippen molar-refractivity contribution in [2.45, 2.75) is 239 Å². The Bertz CT molecular complexity index is 1930. The van der Waals surface area contributed by atoms with Gasteiger partial charge in [0.1, 0.15) is 13.2 Å². The predicted molar refractivity (Wildman–Crippen MR) is 347 cm³/mol. The quantitative estimate of drug-likeness (QED) is 0.0261. The fraction of sp³-hybridized carbons (Fsp3) is 0.527. The Morgan fingerprint density at radius 3 is 0.812 bits per heavy atom. The van der Waals surface area contributed by atoms with Crippen molar-refractivity contribution in [2.24, 2.45) is 0 Å². The second kappa shape index (κ2) is 65.8.